The molecule has 146 valence electrons. The first-order valence-electron chi connectivity index (χ1n) is 7.45. The lowest BCUT2D eigenvalue weighted by Crippen LogP contribution is -2.19. The molecule has 0 saturated carbocycles. The third-order valence-electron chi connectivity index (χ3n) is 2.90. The maximum absolute atomic E-state index is 12.0. The SMILES string of the molecule is FC(F)(F)COc1ccc(OBOc2ccc(OCC(F)(F)F)cc2)cc1. The van der Waals surface area contributed by atoms with Gasteiger partial charge in [0.15, 0.2) is 13.2 Å². The number of ether oxygens (including phenoxy) is 2. The van der Waals surface area contributed by atoms with Crippen LogP contribution < -0.4 is 18.8 Å². The van der Waals surface area contributed by atoms with Gasteiger partial charge in [-0.15, -0.1) is 0 Å². The second-order valence-electron chi connectivity index (χ2n) is 5.16. The van der Waals surface area contributed by atoms with Crippen LogP contribution >= 0.6 is 0 Å². The Morgan fingerprint density at radius 1 is 0.556 bits per heavy atom. The van der Waals surface area contributed by atoms with E-state index in [2.05, 4.69) is 9.47 Å². The molecule has 0 aliphatic carbocycles. The average Bonchev–Trinajstić information content (AvgIpc) is 2.59. The van der Waals surface area contributed by atoms with Gasteiger partial charge in [-0.3, -0.25) is 0 Å². The van der Waals surface area contributed by atoms with Crippen molar-refractivity contribution in [1.82, 2.24) is 0 Å². The minimum Gasteiger partial charge on any atom is -0.529 e. The summed E-state index contributed by atoms with van der Waals surface area (Å²) in [6, 6.07) is 10.9. The molecule has 0 amide bonds. The Labute approximate surface area is 150 Å². The molecule has 4 nitrogen and oxygen atoms in total. The van der Waals surface area contributed by atoms with E-state index in [1.807, 2.05) is 0 Å². The molecule has 0 heterocycles. The van der Waals surface area contributed by atoms with Crippen LogP contribution in [0.15, 0.2) is 48.5 Å². The highest BCUT2D eigenvalue weighted by Crippen LogP contribution is 2.23. The van der Waals surface area contributed by atoms with Crippen molar-refractivity contribution in [2.75, 3.05) is 13.2 Å². The Balaban J connectivity index is 1.74. The van der Waals surface area contributed by atoms with E-state index in [4.69, 9.17) is 9.31 Å². The van der Waals surface area contributed by atoms with Crippen LogP contribution in [0.2, 0.25) is 0 Å². The second-order valence-corrected chi connectivity index (χ2v) is 5.16. The first-order chi connectivity index (χ1) is 12.6. The van der Waals surface area contributed by atoms with Gasteiger partial charge in [-0.05, 0) is 48.5 Å². The molecule has 11 heteroatoms. The first kappa shape index (κ1) is 20.6. The number of alkyl halides is 6. The summed E-state index contributed by atoms with van der Waals surface area (Å²) in [5.41, 5.74) is 0. The summed E-state index contributed by atoms with van der Waals surface area (Å²) in [7, 11) is -0.217. The summed E-state index contributed by atoms with van der Waals surface area (Å²) < 4.78 is 91.9. The fourth-order valence-corrected chi connectivity index (χ4v) is 1.76. The first-order valence-corrected chi connectivity index (χ1v) is 7.45. The lowest BCUT2D eigenvalue weighted by molar-refractivity contribution is -0.154. The van der Waals surface area contributed by atoms with E-state index in [0.29, 0.717) is 11.5 Å². The van der Waals surface area contributed by atoms with Crippen LogP contribution in [-0.4, -0.2) is 33.3 Å². The van der Waals surface area contributed by atoms with Crippen LogP contribution in [0.3, 0.4) is 0 Å². The molecule has 0 fully saturated rings. The minimum atomic E-state index is -4.42. The molecule has 27 heavy (non-hydrogen) atoms. The topological polar surface area (TPSA) is 36.9 Å². The maximum atomic E-state index is 12.0. The van der Waals surface area contributed by atoms with E-state index in [1.54, 1.807) is 0 Å². The monoisotopic (exact) mass is 394 g/mol. The van der Waals surface area contributed by atoms with Gasteiger partial charge in [0.1, 0.15) is 23.0 Å². The van der Waals surface area contributed by atoms with Gasteiger partial charge >= 0.3 is 20.0 Å². The maximum Gasteiger partial charge on any atom is 0.576 e. The molecular formula is C16H13BF6O4. The normalized spacial score (nSPS) is 11.6. The van der Waals surface area contributed by atoms with Crippen molar-refractivity contribution in [2.24, 2.45) is 0 Å². The smallest absolute Gasteiger partial charge is 0.529 e. The fourth-order valence-electron chi connectivity index (χ4n) is 1.76. The lowest BCUT2D eigenvalue weighted by atomic mass is 10.3. The van der Waals surface area contributed by atoms with Crippen molar-refractivity contribution >= 4 is 7.69 Å². The van der Waals surface area contributed by atoms with Crippen LogP contribution in [0.1, 0.15) is 0 Å². The zero-order valence-electron chi connectivity index (χ0n) is 13.6. The summed E-state index contributed by atoms with van der Waals surface area (Å²) in [5.74, 6) is 0.740. The van der Waals surface area contributed by atoms with Crippen LogP contribution in [-0.2, 0) is 0 Å². The predicted molar refractivity (Wildman–Crippen MR) is 84.4 cm³/mol. The molecule has 2 aromatic carbocycles. The third kappa shape index (κ3) is 8.47. The van der Waals surface area contributed by atoms with Crippen molar-refractivity contribution in [3.8, 4) is 23.0 Å². The van der Waals surface area contributed by atoms with Gasteiger partial charge in [0, 0.05) is 0 Å². The molecule has 0 aromatic heterocycles. The summed E-state index contributed by atoms with van der Waals surface area (Å²) >= 11 is 0. The zero-order chi connectivity index (χ0) is 19.9. The van der Waals surface area contributed by atoms with Gasteiger partial charge in [0.2, 0.25) is 0 Å². The van der Waals surface area contributed by atoms with Gasteiger partial charge in [0.25, 0.3) is 0 Å². The average molecular weight is 394 g/mol. The molecule has 0 atom stereocenters. The van der Waals surface area contributed by atoms with Gasteiger partial charge < -0.3 is 18.8 Å². The van der Waals surface area contributed by atoms with E-state index < -0.39 is 25.6 Å². The molecule has 0 bridgehead atoms. The molecule has 0 spiro atoms. The molecule has 2 rings (SSSR count). The van der Waals surface area contributed by atoms with Crippen molar-refractivity contribution in [1.29, 1.82) is 0 Å². The largest absolute Gasteiger partial charge is 0.576 e. The molecule has 0 saturated heterocycles. The van der Waals surface area contributed by atoms with E-state index >= 15 is 0 Å². The van der Waals surface area contributed by atoms with Crippen molar-refractivity contribution in [2.45, 2.75) is 12.4 Å². The lowest BCUT2D eigenvalue weighted by Gasteiger charge is -2.11. The molecule has 2 aromatic rings. The molecular weight excluding hydrogens is 381 g/mol. The summed E-state index contributed by atoms with van der Waals surface area (Å²) in [6.07, 6.45) is -8.84. The number of hydrogen-bond donors (Lipinski definition) is 0. The van der Waals surface area contributed by atoms with Gasteiger partial charge in [0.05, 0.1) is 0 Å². The summed E-state index contributed by atoms with van der Waals surface area (Å²) in [5, 5.41) is 0. The van der Waals surface area contributed by atoms with E-state index in [0.717, 1.165) is 0 Å². The minimum absolute atomic E-state index is 0.0371. The highest BCUT2D eigenvalue weighted by Gasteiger charge is 2.29. The van der Waals surface area contributed by atoms with Crippen LogP contribution in [0.4, 0.5) is 26.3 Å². The number of benzene rings is 2. The zero-order valence-corrected chi connectivity index (χ0v) is 13.6. The molecule has 0 aliphatic heterocycles. The number of hydrogen-bond acceptors (Lipinski definition) is 4. The molecule has 0 unspecified atom stereocenters. The Morgan fingerprint density at radius 3 is 1.15 bits per heavy atom. The Kier molecular flexibility index (Phi) is 6.70. The second kappa shape index (κ2) is 8.78. The molecule has 0 N–H and O–H groups in total. The van der Waals surface area contributed by atoms with Crippen LogP contribution in [0.5, 0.6) is 23.0 Å². The molecule has 0 radical (unpaired) electrons. The predicted octanol–water partition coefficient (Wildman–Crippen LogP) is 4.29. The van der Waals surface area contributed by atoms with Crippen molar-refractivity contribution < 1.29 is 45.1 Å². The highest BCUT2D eigenvalue weighted by molar-refractivity contribution is 6.20. The Hall–Kier alpha value is -2.72. The van der Waals surface area contributed by atoms with Crippen LogP contribution in [0.25, 0.3) is 0 Å². The standard InChI is InChI=1S/C16H13BF6O4/c18-15(19,20)9-24-11-1-5-13(6-2-11)26-17-27-14-7-3-12(4-8-14)25-10-16(21,22)23/h1-8,17H,9-10H2. The van der Waals surface area contributed by atoms with E-state index in [1.165, 1.54) is 48.5 Å². The van der Waals surface area contributed by atoms with Crippen molar-refractivity contribution in [3.05, 3.63) is 48.5 Å². The number of halogens is 6. The fraction of sp³-hybridized carbons (Fsp3) is 0.250. The Morgan fingerprint density at radius 2 is 0.852 bits per heavy atom. The molecule has 0 aliphatic rings. The van der Waals surface area contributed by atoms with Crippen molar-refractivity contribution in [3.63, 3.8) is 0 Å². The highest BCUT2D eigenvalue weighted by atomic mass is 19.4. The van der Waals surface area contributed by atoms with E-state index in [-0.39, 0.29) is 19.2 Å². The van der Waals surface area contributed by atoms with E-state index in [9.17, 15) is 26.3 Å². The summed E-state index contributed by atoms with van der Waals surface area (Å²) in [4.78, 5) is 0. The van der Waals surface area contributed by atoms with Gasteiger partial charge in [-0.2, -0.15) is 26.3 Å². The quantitative estimate of drug-likeness (QED) is 0.495. The van der Waals surface area contributed by atoms with Gasteiger partial charge in [-0.25, -0.2) is 0 Å². The van der Waals surface area contributed by atoms with Gasteiger partial charge in [-0.1, -0.05) is 0 Å². The van der Waals surface area contributed by atoms with Crippen LogP contribution in [0, 0.1) is 0 Å². The number of rotatable bonds is 8. The summed E-state index contributed by atoms with van der Waals surface area (Å²) in [6.45, 7) is -2.78. The Bertz CT molecular complexity index is 639. The third-order valence-corrected chi connectivity index (χ3v) is 2.90.